The normalized spacial score (nSPS) is 11.7. The second-order valence-corrected chi connectivity index (χ2v) is 6.79. The summed E-state index contributed by atoms with van der Waals surface area (Å²) in [5, 5.41) is 8.99. The molecule has 0 saturated carbocycles. The topological polar surface area (TPSA) is 77.2 Å². The smallest absolute Gasteiger partial charge is 0.163 e. The van der Waals surface area contributed by atoms with Gasteiger partial charge >= 0.3 is 0 Å². The molecule has 1 N–H and O–H groups in total. The lowest BCUT2D eigenvalue weighted by Gasteiger charge is -2.03. The maximum atomic E-state index is 4.80. The summed E-state index contributed by atoms with van der Waals surface area (Å²) in [6.07, 6.45) is 4.58. The van der Waals surface area contributed by atoms with Crippen molar-refractivity contribution < 1.29 is 0 Å². The number of nitrogens with zero attached hydrogens (tertiary/aromatic N) is 6. The van der Waals surface area contributed by atoms with E-state index in [2.05, 4.69) is 35.0 Å². The number of aromatic amines is 1. The summed E-state index contributed by atoms with van der Waals surface area (Å²) in [5.41, 5.74) is 3.86. The summed E-state index contributed by atoms with van der Waals surface area (Å²) in [5.74, 6) is 3.06. The number of H-pyrrole nitrogens is 1. The molecule has 7 heteroatoms. The van der Waals surface area contributed by atoms with Gasteiger partial charge in [0.05, 0.1) is 23.4 Å². The molecule has 0 bridgehead atoms. The Morgan fingerprint density at radius 2 is 2.04 bits per heavy atom. The van der Waals surface area contributed by atoms with Crippen LogP contribution in [0.3, 0.4) is 0 Å². The van der Waals surface area contributed by atoms with E-state index in [9.17, 15) is 0 Å². The predicted octanol–water partition coefficient (Wildman–Crippen LogP) is 3.05. The van der Waals surface area contributed by atoms with Gasteiger partial charge in [0.1, 0.15) is 11.5 Å². The number of imidazole rings is 1. The van der Waals surface area contributed by atoms with Crippen molar-refractivity contribution in [2.45, 2.75) is 27.2 Å². The zero-order chi connectivity index (χ0) is 17.6. The molecule has 0 fully saturated rings. The Bertz CT molecular complexity index is 1030. The van der Waals surface area contributed by atoms with Gasteiger partial charge in [0.25, 0.3) is 0 Å². The van der Waals surface area contributed by atoms with E-state index in [1.54, 1.807) is 10.9 Å². The zero-order valence-electron chi connectivity index (χ0n) is 14.9. The molecule has 4 rings (SSSR count). The quantitative estimate of drug-likeness (QED) is 0.622. The van der Waals surface area contributed by atoms with Gasteiger partial charge in [-0.05, 0) is 31.0 Å². The first kappa shape index (κ1) is 15.6. The van der Waals surface area contributed by atoms with Crippen LogP contribution in [-0.2, 0) is 13.5 Å². The largest absolute Gasteiger partial charge is 0.342 e. The number of aromatic nitrogens is 7. The molecule has 7 nitrogen and oxygen atoms in total. The van der Waals surface area contributed by atoms with Crippen LogP contribution in [0.4, 0.5) is 0 Å². The number of aryl methyl sites for hydroxylation is 2. The van der Waals surface area contributed by atoms with Crippen LogP contribution < -0.4 is 0 Å². The minimum absolute atomic E-state index is 0.496. The van der Waals surface area contributed by atoms with E-state index < -0.39 is 0 Å². The molecule has 4 aromatic rings. The van der Waals surface area contributed by atoms with Crippen molar-refractivity contribution in [3.63, 3.8) is 0 Å². The minimum Gasteiger partial charge on any atom is -0.342 e. The number of benzene rings is 1. The number of nitrogens with one attached hydrogen (secondary N) is 1. The first-order chi connectivity index (χ1) is 12.0. The van der Waals surface area contributed by atoms with E-state index in [-0.39, 0.29) is 0 Å². The van der Waals surface area contributed by atoms with Gasteiger partial charge in [0, 0.05) is 19.0 Å². The summed E-state index contributed by atoms with van der Waals surface area (Å²) in [6, 6.07) is 6.13. The van der Waals surface area contributed by atoms with Crippen molar-refractivity contribution in [3.05, 3.63) is 42.2 Å². The maximum Gasteiger partial charge on any atom is 0.163 e. The van der Waals surface area contributed by atoms with Gasteiger partial charge in [-0.3, -0.25) is 4.68 Å². The SMILES string of the molecule is Cc1nc2ccc(-c3nc(CC(C)C)nn3-c3cnn(C)c3)cc2[nH]1. The third-order valence-electron chi connectivity index (χ3n) is 4.04. The lowest BCUT2D eigenvalue weighted by atomic mass is 10.1. The molecule has 128 valence electrons. The number of rotatable bonds is 4. The molecule has 0 radical (unpaired) electrons. The van der Waals surface area contributed by atoms with Gasteiger partial charge in [-0.25, -0.2) is 14.6 Å². The third-order valence-corrected chi connectivity index (χ3v) is 4.04. The van der Waals surface area contributed by atoms with Gasteiger partial charge < -0.3 is 4.98 Å². The van der Waals surface area contributed by atoms with E-state index in [1.807, 2.05) is 37.0 Å². The predicted molar refractivity (Wildman–Crippen MR) is 96.5 cm³/mol. The standard InChI is InChI=1S/C18H21N7/c1-11(2)7-17-22-18(25(23-17)14-9-19-24(4)10-14)13-5-6-15-16(8-13)21-12(3)20-15/h5-6,8-11H,7H2,1-4H3,(H,20,21). The molecule has 0 aliphatic heterocycles. The van der Waals surface area contributed by atoms with Gasteiger partial charge in [-0.1, -0.05) is 13.8 Å². The van der Waals surface area contributed by atoms with Crippen molar-refractivity contribution in [2.75, 3.05) is 0 Å². The van der Waals surface area contributed by atoms with Crippen LogP contribution in [0.1, 0.15) is 25.5 Å². The average Bonchev–Trinajstić information content (AvgIpc) is 3.23. The molecule has 0 aliphatic carbocycles. The summed E-state index contributed by atoms with van der Waals surface area (Å²) in [4.78, 5) is 12.6. The molecule has 25 heavy (non-hydrogen) atoms. The lowest BCUT2D eigenvalue weighted by Crippen LogP contribution is -2.00. The molecule has 0 aliphatic rings. The Hall–Kier alpha value is -2.96. The van der Waals surface area contributed by atoms with Gasteiger partial charge in [-0.15, -0.1) is 0 Å². The van der Waals surface area contributed by atoms with Gasteiger partial charge in [0.15, 0.2) is 11.6 Å². The first-order valence-electron chi connectivity index (χ1n) is 8.41. The first-order valence-corrected chi connectivity index (χ1v) is 8.41. The van der Waals surface area contributed by atoms with Gasteiger partial charge in [0.2, 0.25) is 0 Å². The Labute approximate surface area is 145 Å². The second-order valence-electron chi connectivity index (χ2n) is 6.79. The number of hydrogen-bond acceptors (Lipinski definition) is 4. The Balaban J connectivity index is 1.86. The fourth-order valence-electron chi connectivity index (χ4n) is 2.97. The fraction of sp³-hybridized carbons (Fsp3) is 0.333. The monoisotopic (exact) mass is 335 g/mol. The molecular weight excluding hydrogens is 314 g/mol. The molecule has 0 amide bonds. The van der Waals surface area contributed by atoms with Crippen molar-refractivity contribution >= 4 is 11.0 Å². The van der Waals surface area contributed by atoms with Crippen LogP contribution in [0.25, 0.3) is 28.1 Å². The summed E-state index contributed by atoms with van der Waals surface area (Å²) in [6.45, 7) is 6.30. The Morgan fingerprint density at radius 1 is 1.20 bits per heavy atom. The van der Waals surface area contributed by atoms with E-state index in [0.29, 0.717) is 5.92 Å². The fourth-order valence-corrected chi connectivity index (χ4v) is 2.97. The second kappa shape index (κ2) is 5.84. The Morgan fingerprint density at radius 3 is 2.76 bits per heavy atom. The molecule has 0 unspecified atom stereocenters. The number of hydrogen-bond donors (Lipinski definition) is 1. The van der Waals surface area contributed by atoms with Crippen molar-refractivity contribution in [3.8, 4) is 17.1 Å². The summed E-state index contributed by atoms with van der Waals surface area (Å²) >= 11 is 0. The third kappa shape index (κ3) is 2.93. The molecule has 3 heterocycles. The van der Waals surface area contributed by atoms with Crippen LogP contribution in [0.5, 0.6) is 0 Å². The summed E-state index contributed by atoms with van der Waals surface area (Å²) in [7, 11) is 1.90. The van der Waals surface area contributed by atoms with E-state index >= 15 is 0 Å². The lowest BCUT2D eigenvalue weighted by molar-refractivity contribution is 0.618. The van der Waals surface area contributed by atoms with Crippen LogP contribution in [0.15, 0.2) is 30.6 Å². The molecule has 1 aromatic carbocycles. The minimum atomic E-state index is 0.496. The number of fused-ring (bicyclic) bond motifs is 1. The van der Waals surface area contributed by atoms with Crippen molar-refractivity contribution in [1.29, 1.82) is 0 Å². The average molecular weight is 335 g/mol. The molecule has 0 spiro atoms. The zero-order valence-corrected chi connectivity index (χ0v) is 14.9. The van der Waals surface area contributed by atoms with Crippen LogP contribution in [0, 0.1) is 12.8 Å². The van der Waals surface area contributed by atoms with E-state index in [0.717, 1.165) is 46.2 Å². The highest BCUT2D eigenvalue weighted by atomic mass is 15.4. The van der Waals surface area contributed by atoms with Crippen molar-refractivity contribution in [1.82, 2.24) is 34.5 Å². The van der Waals surface area contributed by atoms with Crippen LogP contribution in [-0.4, -0.2) is 34.5 Å². The maximum absolute atomic E-state index is 4.80. The van der Waals surface area contributed by atoms with Crippen LogP contribution in [0.2, 0.25) is 0 Å². The highest BCUT2D eigenvalue weighted by molar-refractivity contribution is 5.80. The molecule has 0 atom stereocenters. The summed E-state index contributed by atoms with van der Waals surface area (Å²) < 4.78 is 3.64. The highest BCUT2D eigenvalue weighted by Gasteiger charge is 2.16. The van der Waals surface area contributed by atoms with Gasteiger partial charge in [-0.2, -0.15) is 10.2 Å². The highest BCUT2D eigenvalue weighted by Crippen LogP contribution is 2.25. The van der Waals surface area contributed by atoms with E-state index in [4.69, 9.17) is 10.1 Å². The van der Waals surface area contributed by atoms with Crippen molar-refractivity contribution in [2.24, 2.45) is 13.0 Å². The Kier molecular flexibility index (Phi) is 3.63. The molecule has 0 saturated heterocycles. The molecular formula is C18H21N7. The molecule has 3 aromatic heterocycles. The van der Waals surface area contributed by atoms with E-state index in [1.165, 1.54) is 0 Å². The van der Waals surface area contributed by atoms with Crippen LogP contribution >= 0.6 is 0 Å².